The van der Waals surface area contributed by atoms with Crippen LogP contribution < -0.4 is 5.46 Å². The maximum absolute atomic E-state index is 10.0. The summed E-state index contributed by atoms with van der Waals surface area (Å²) in [4.78, 5) is 8.11. The van der Waals surface area contributed by atoms with Gasteiger partial charge in [0.25, 0.3) is 0 Å². The summed E-state index contributed by atoms with van der Waals surface area (Å²) in [5.41, 5.74) is -1.52. The third-order valence-electron chi connectivity index (χ3n) is 10.2. The zero-order valence-corrected chi connectivity index (χ0v) is 33.4. The molecule has 0 amide bonds. The molecular formula is C34H56B3BrN2O8. The minimum atomic E-state index is -0.924. The van der Waals surface area contributed by atoms with Gasteiger partial charge in [0.2, 0.25) is 0 Å². The Labute approximate surface area is 297 Å². The molecule has 2 N–H and O–H groups in total. The standard InChI is InChI=1S/C14H22BNO3.C12H24B2O4.C8H10BrNO/c1-12(2,17)10-7-11(9-16-8-10)15-18-13(3,4)14(5,6)19-15;1-9(2)10(3,4)16-13(15-9)14-17-11(5,6)12(7,8)18-14;1-8(2,11)6-3-7(9)5-10-4-6/h7-9,17H,1-6H3;1-8H3;3-5,11H,1-2H3. The topological polar surface area (TPSA) is 122 Å². The van der Waals surface area contributed by atoms with Crippen molar-refractivity contribution < 1.29 is 38.1 Å². The van der Waals surface area contributed by atoms with Gasteiger partial charge >= 0.3 is 21.1 Å². The summed E-state index contributed by atoms with van der Waals surface area (Å²) in [7, 11) is -1.40. The molecule has 0 spiro atoms. The van der Waals surface area contributed by atoms with Gasteiger partial charge in [0.05, 0.1) is 44.8 Å². The monoisotopic (exact) mass is 732 g/mol. The van der Waals surface area contributed by atoms with Crippen LogP contribution in [0.5, 0.6) is 0 Å². The maximum Gasteiger partial charge on any atom is 0.496 e. The van der Waals surface area contributed by atoms with Gasteiger partial charge in [0.15, 0.2) is 0 Å². The lowest BCUT2D eigenvalue weighted by Gasteiger charge is -2.32. The van der Waals surface area contributed by atoms with Gasteiger partial charge in [-0.15, -0.1) is 0 Å². The lowest BCUT2D eigenvalue weighted by atomic mass is 9.49. The van der Waals surface area contributed by atoms with Gasteiger partial charge in [0, 0.05) is 45.8 Å². The predicted octanol–water partition coefficient (Wildman–Crippen LogP) is 5.93. The summed E-state index contributed by atoms with van der Waals surface area (Å²) in [5.74, 6) is 0. The predicted molar refractivity (Wildman–Crippen MR) is 195 cm³/mol. The van der Waals surface area contributed by atoms with Crippen molar-refractivity contribution in [3.8, 4) is 0 Å². The van der Waals surface area contributed by atoms with Crippen LogP contribution in [0.25, 0.3) is 0 Å². The van der Waals surface area contributed by atoms with Crippen molar-refractivity contribution >= 4 is 42.5 Å². The highest BCUT2D eigenvalue weighted by Crippen LogP contribution is 2.43. The van der Waals surface area contributed by atoms with Crippen LogP contribution in [-0.2, 0) is 39.1 Å². The second kappa shape index (κ2) is 13.7. The highest BCUT2D eigenvalue weighted by Gasteiger charge is 2.63. The van der Waals surface area contributed by atoms with Crippen LogP contribution in [0.15, 0.2) is 41.4 Å². The first kappa shape index (κ1) is 41.1. The Morgan fingerprint density at radius 2 is 0.833 bits per heavy atom. The normalized spacial score (nSPS) is 23.3. The van der Waals surface area contributed by atoms with Gasteiger partial charge in [-0.2, -0.15) is 0 Å². The molecular weight excluding hydrogens is 677 g/mol. The molecule has 3 saturated heterocycles. The molecule has 0 unspecified atom stereocenters. The highest BCUT2D eigenvalue weighted by molar-refractivity contribution is 9.10. The zero-order valence-electron chi connectivity index (χ0n) is 31.8. The molecule has 0 atom stereocenters. The van der Waals surface area contributed by atoms with E-state index in [0.29, 0.717) is 0 Å². The minimum absolute atomic E-state index is 0.360. The van der Waals surface area contributed by atoms with E-state index < -0.39 is 32.3 Å². The Hall–Kier alpha value is -1.35. The fraction of sp³-hybridized carbons (Fsp3) is 0.706. The number of hydrogen-bond donors (Lipinski definition) is 2. The van der Waals surface area contributed by atoms with E-state index in [0.717, 1.165) is 21.1 Å². The zero-order chi connectivity index (χ0) is 36.9. The molecule has 3 aliphatic rings. The average Bonchev–Trinajstić information content (AvgIpc) is 3.37. The molecule has 0 saturated carbocycles. The summed E-state index contributed by atoms with van der Waals surface area (Å²) >= 11 is 3.28. The number of rotatable bonds is 4. The molecule has 5 heterocycles. The van der Waals surface area contributed by atoms with Crippen LogP contribution in [-0.4, -0.2) is 74.9 Å². The largest absolute Gasteiger partial charge is 0.496 e. The molecule has 0 aliphatic carbocycles. The molecule has 48 heavy (non-hydrogen) atoms. The van der Waals surface area contributed by atoms with Crippen LogP contribution >= 0.6 is 15.9 Å². The van der Waals surface area contributed by atoms with Gasteiger partial charge in [-0.1, -0.05) is 6.07 Å². The fourth-order valence-corrected chi connectivity index (χ4v) is 5.01. The third-order valence-corrected chi connectivity index (χ3v) is 10.6. The fourth-order valence-electron chi connectivity index (χ4n) is 4.65. The van der Waals surface area contributed by atoms with Crippen molar-refractivity contribution in [3.05, 3.63) is 52.5 Å². The van der Waals surface area contributed by atoms with Crippen LogP contribution in [0.1, 0.15) is 122 Å². The van der Waals surface area contributed by atoms with Crippen LogP contribution in [0.4, 0.5) is 0 Å². The Bertz CT molecular complexity index is 1340. The van der Waals surface area contributed by atoms with Gasteiger partial charge in [0.1, 0.15) is 0 Å². The Morgan fingerprint density at radius 3 is 1.15 bits per heavy atom. The van der Waals surface area contributed by atoms with Crippen LogP contribution in [0.2, 0.25) is 0 Å². The summed E-state index contributed by atoms with van der Waals surface area (Å²) in [5, 5.41) is 19.6. The molecule has 0 radical (unpaired) electrons. The molecule has 10 nitrogen and oxygen atoms in total. The van der Waals surface area contributed by atoms with E-state index in [1.807, 2.05) is 95.2 Å². The van der Waals surface area contributed by atoms with E-state index in [4.69, 9.17) is 27.9 Å². The maximum atomic E-state index is 10.0. The average molecular weight is 733 g/mol. The first-order valence-electron chi connectivity index (χ1n) is 16.5. The number of halogens is 1. The number of hydrogen-bond acceptors (Lipinski definition) is 10. The van der Waals surface area contributed by atoms with E-state index in [1.54, 1.807) is 52.5 Å². The Kier molecular flexibility index (Phi) is 11.7. The quantitative estimate of drug-likeness (QED) is 0.366. The smallest absolute Gasteiger partial charge is 0.405 e. The molecule has 14 heteroatoms. The van der Waals surface area contributed by atoms with E-state index >= 15 is 0 Å². The van der Waals surface area contributed by atoms with Gasteiger partial charge < -0.3 is 38.1 Å². The second-order valence-corrected chi connectivity index (χ2v) is 17.8. The van der Waals surface area contributed by atoms with Crippen molar-refractivity contribution in [2.45, 2.75) is 156 Å². The molecule has 2 aromatic rings. The molecule has 5 rings (SSSR count). The van der Waals surface area contributed by atoms with Gasteiger partial charge in [-0.3, -0.25) is 9.97 Å². The first-order chi connectivity index (χ1) is 21.4. The first-order valence-corrected chi connectivity index (χ1v) is 17.3. The van der Waals surface area contributed by atoms with E-state index in [1.165, 1.54) is 0 Å². The number of nitrogens with zero attached hydrogens (tertiary/aromatic N) is 2. The van der Waals surface area contributed by atoms with E-state index in [2.05, 4.69) is 25.9 Å². The van der Waals surface area contributed by atoms with Crippen molar-refractivity contribution in [1.29, 1.82) is 0 Å². The summed E-state index contributed by atoms with van der Waals surface area (Å²) in [6.45, 7) is 31.2. The SMILES string of the molecule is CC(C)(O)c1cncc(B2OC(C)(C)C(C)(C)O2)c1.CC(C)(O)c1cncc(Br)c1.CC1(C)OB(B2OC(C)(C)C(C)(C)O2)OC1(C)C. The van der Waals surface area contributed by atoms with Crippen LogP contribution in [0.3, 0.4) is 0 Å². The molecule has 266 valence electrons. The number of aliphatic hydroxyl groups is 2. The molecule has 3 fully saturated rings. The van der Waals surface area contributed by atoms with E-state index in [9.17, 15) is 10.2 Å². The number of pyridine rings is 2. The van der Waals surface area contributed by atoms with Crippen molar-refractivity contribution in [1.82, 2.24) is 9.97 Å². The van der Waals surface area contributed by atoms with Crippen molar-refractivity contribution in [2.24, 2.45) is 0 Å². The number of aromatic nitrogens is 2. The lowest BCUT2D eigenvalue weighted by Crippen LogP contribution is -2.41. The lowest BCUT2D eigenvalue weighted by molar-refractivity contribution is 0.00578. The minimum Gasteiger partial charge on any atom is -0.405 e. The molecule has 2 aromatic heterocycles. The third kappa shape index (κ3) is 9.30. The van der Waals surface area contributed by atoms with Gasteiger partial charge in [-0.05, 0) is 133 Å². The summed E-state index contributed by atoms with van der Waals surface area (Å²) < 4.78 is 36.7. The summed E-state index contributed by atoms with van der Waals surface area (Å²) in [6.07, 6.45) is 6.73. The van der Waals surface area contributed by atoms with Crippen LogP contribution in [0, 0.1) is 0 Å². The second-order valence-electron chi connectivity index (χ2n) is 16.9. The summed E-state index contributed by atoms with van der Waals surface area (Å²) in [6, 6.07) is 3.74. The molecule has 0 bridgehead atoms. The van der Waals surface area contributed by atoms with Crippen molar-refractivity contribution in [3.63, 3.8) is 0 Å². The van der Waals surface area contributed by atoms with Gasteiger partial charge in [-0.25, -0.2) is 0 Å². The highest BCUT2D eigenvalue weighted by atomic mass is 79.9. The van der Waals surface area contributed by atoms with Crippen molar-refractivity contribution in [2.75, 3.05) is 0 Å². The Balaban J connectivity index is 0.000000203. The van der Waals surface area contributed by atoms with E-state index in [-0.39, 0.29) is 33.6 Å². The molecule has 0 aromatic carbocycles. The Morgan fingerprint density at radius 1 is 0.521 bits per heavy atom. The molecule has 3 aliphatic heterocycles.